The predicted molar refractivity (Wildman–Crippen MR) is 79.1 cm³/mol. The Balaban J connectivity index is 2.42. The van der Waals surface area contributed by atoms with E-state index >= 15 is 0 Å². The van der Waals surface area contributed by atoms with E-state index in [1.54, 1.807) is 13.8 Å². The first-order chi connectivity index (χ1) is 9.87. The number of nitrogens with zero attached hydrogens (tertiary/aromatic N) is 1. The Kier molecular flexibility index (Phi) is 5.01. The smallest absolute Gasteiger partial charge is 0.243 e. The van der Waals surface area contributed by atoms with Gasteiger partial charge in [0.15, 0.2) is 0 Å². The summed E-state index contributed by atoms with van der Waals surface area (Å²) in [7, 11) is -3.66. The maximum Gasteiger partial charge on any atom is 0.243 e. The molecule has 1 aromatic rings. The second kappa shape index (κ2) is 6.42. The molecule has 1 N–H and O–H groups in total. The lowest BCUT2D eigenvalue weighted by molar-refractivity contribution is 0.198. The average molecular weight is 315 g/mol. The summed E-state index contributed by atoms with van der Waals surface area (Å²) < 4.78 is 40.8. The summed E-state index contributed by atoms with van der Waals surface area (Å²) in [6, 6.07) is 2.51. The molecule has 4 nitrogen and oxygen atoms in total. The van der Waals surface area contributed by atoms with Crippen LogP contribution in [-0.4, -0.2) is 37.0 Å². The molecular weight excluding hydrogens is 293 g/mol. The fourth-order valence-electron chi connectivity index (χ4n) is 2.82. The fraction of sp³-hybridized carbons (Fsp3) is 0.600. The second-order valence-electron chi connectivity index (χ2n) is 5.65. The molecule has 1 aromatic carbocycles. The molecule has 0 saturated heterocycles. The van der Waals surface area contributed by atoms with Crippen molar-refractivity contribution in [1.29, 1.82) is 0 Å². The standard InChI is InChI=1S/C15H22FNO3S/c1-11-9-13(16)10-12(2)15(11)21(19,20)17(7-4-8-18)14-5-3-6-14/h9-10,14,18H,3-8H2,1-2H3. The topological polar surface area (TPSA) is 57.6 Å². The molecule has 1 aliphatic carbocycles. The highest BCUT2D eigenvalue weighted by Gasteiger charge is 2.36. The van der Waals surface area contributed by atoms with E-state index in [9.17, 15) is 12.8 Å². The number of hydrogen-bond donors (Lipinski definition) is 1. The first-order valence-corrected chi connectivity index (χ1v) is 8.71. The Labute approximate surface area is 125 Å². The first-order valence-electron chi connectivity index (χ1n) is 7.27. The zero-order valence-corrected chi connectivity index (χ0v) is 13.3. The lowest BCUT2D eigenvalue weighted by Gasteiger charge is -2.37. The highest BCUT2D eigenvalue weighted by Crippen LogP contribution is 2.32. The maximum absolute atomic E-state index is 13.4. The minimum atomic E-state index is -3.66. The summed E-state index contributed by atoms with van der Waals surface area (Å²) in [5, 5.41) is 9.00. The summed E-state index contributed by atoms with van der Waals surface area (Å²) in [6.45, 7) is 3.50. The molecule has 0 bridgehead atoms. The number of aliphatic hydroxyl groups excluding tert-OH is 1. The Morgan fingerprint density at radius 3 is 2.29 bits per heavy atom. The summed E-state index contributed by atoms with van der Waals surface area (Å²) in [5.74, 6) is -0.422. The quantitative estimate of drug-likeness (QED) is 0.877. The van der Waals surface area contributed by atoms with Crippen molar-refractivity contribution in [2.75, 3.05) is 13.2 Å². The third kappa shape index (κ3) is 3.27. The van der Waals surface area contributed by atoms with Gasteiger partial charge in [0.05, 0.1) is 4.90 Å². The monoisotopic (exact) mass is 315 g/mol. The molecule has 0 spiro atoms. The van der Waals surface area contributed by atoms with Crippen LogP contribution in [0.3, 0.4) is 0 Å². The highest BCUT2D eigenvalue weighted by atomic mass is 32.2. The van der Waals surface area contributed by atoms with Gasteiger partial charge >= 0.3 is 0 Å². The molecule has 1 fully saturated rings. The van der Waals surface area contributed by atoms with E-state index in [1.165, 1.54) is 16.4 Å². The van der Waals surface area contributed by atoms with Gasteiger partial charge in [-0.05, 0) is 56.4 Å². The van der Waals surface area contributed by atoms with Crippen molar-refractivity contribution < 1.29 is 17.9 Å². The number of rotatable bonds is 6. The molecule has 0 heterocycles. The van der Waals surface area contributed by atoms with Crippen molar-refractivity contribution in [3.8, 4) is 0 Å². The van der Waals surface area contributed by atoms with Gasteiger partial charge in [-0.3, -0.25) is 0 Å². The number of hydrogen-bond acceptors (Lipinski definition) is 3. The van der Waals surface area contributed by atoms with Crippen LogP contribution in [0.25, 0.3) is 0 Å². The Morgan fingerprint density at radius 1 is 1.29 bits per heavy atom. The van der Waals surface area contributed by atoms with E-state index in [1.807, 2.05) is 0 Å². The van der Waals surface area contributed by atoms with Crippen LogP contribution in [0.15, 0.2) is 17.0 Å². The molecule has 0 amide bonds. The summed E-state index contributed by atoms with van der Waals surface area (Å²) in [5.41, 5.74) is 0.863. The number of aliphatic hydroxyl groups is 1. The van der Waals surface area contributed by atoms with Gasteiger partial charge in [-0.15, -0.1) is 0 Å². The zero-order valence-electron chi connectivity index (χ0n) is 12.5. The number of aryl methyl sites for hydroxylation is 2. The van der Waals surface area contributed by atoms with E-state index in [0.29, 0.717) is 24.1 Å². The maximum atomic E-state index is 13.4. The second-order valence-corrected chi connectivity index (χ2v) is 7.47. The molecule has 118 valence electrons. The predicted octanol–water partition coefficient (Wildman–Crippen LogP) is 2.37. The van der Waals surface area contributed by atoms with Gasteiger partial charge < -0.3 is 5.11 Å². The number of benzene rings is 1. The molecule has 1 saturated carbocycles. The fourth-order valence-corrected chi connectivity index (χ4v) is 4.96. The van der Waals surface area contributed by atoms with Gasteiger partial charge in [-0.25, -0.2) is 12.8 Å². The Bertz CT molecular complexity index is 588. The summed E-state index contributed by atoms with van der Waals surface area (Å²) in [6.07, 6.45) is 3.14. The zero-order chi connectivity index (χ0) is 15.6. The third-order valence-electron chi connectivity index (χ3n) is 4.01. The van der Waals surface area contributed by atoms with Crippen LogP contribution >= 0.6 is 0 Å². The molecule has 0 aliphatic heterocycles. The Morgan fingerprint density at radius 2 is 1.86 bits per heavy atom. The average Bonchev–Trinajstić information content (AvgIpc) is 2.29. The minimum Gasteiger partial charge on any atom is -0.396 e. The minimum absolute atomic E-state index is 0.00500. The van der Waals surface area contributed by atoms with E-state index in [4.69, 9.17) is 5.11 Å². The van der Waals surface area contributed by atoms with Crippen LogP contribution in [-0.2, 0) is 10.0 Å². The van der Waals surface area contributed by atoms with Gasteiger partial charge in [-0.2, -0.15) is 4.31 Å². The van der Waals surface area contributed by atoms with Crippen molar-refractivity contribution in [2.24, 2.45) is 0 Å². The van der Waals surface area contributed by atoms with Crippen LogP contribution in [0.2, 0.25) is 0 Å². The molecule has 21 heavy (non-hydrogen) atoms. The van der Waals surface area contributed by atoms with Gasteiger partial charge in [-0.1, -0.05) is 6.42 Å². The summed E-state index contributed by atoms with van der Waals surface area (Å²) in [4.78, 5) is 0.203. The van der Waals surface area contributed by atoms with Gasteiger partial charge in [0.25, 0.3) is 0 Å². The molecular formula is C15H22FNO3S. The molecule has 1 aliphatic rings. The van der Waals surface area contributed by atoms with E-state index in [-0.39, 0.29) is 17.5 Å². The SMILES string of the molecule is Cc1cc(F)cc(C)c1S(=O)(=O)N(CCCO)C1CCC1. The van der Waals surface area contributed by atoms with Crippen molar-refractivity contribution >= 4 is 10.0 Å². The van der Waals surface area contributed by atoms with E-state index in [0.717, 1.165) is 19.3 Å². The first kappa shape index (κ1) is 16.4. The van der Waals surface area contributed by atoms with Crippen molar-refractivity contribution in [3.63, 3.8) is 0 Å². The van der Waals surface area contributed by atoms with E-state index in [2.05, 4.69) is 0 Å². The third-order valence-corrected chi connectivity index (χ3v) is 6.27. The van der Waals surface area contributed by atoms with E-state index < -0.39 is 15.8 Å². The normalized spacial score (nSPS) is 16.2. The van der Waals surface area contributed by atoms with Gasteiger partial charge in [0.2, 0.25) is 10.0 Å². The van der Waals surface area contributed by atoms with Crippen LogP contribution < -0.4 is 0 Å². The molecule has 0 aromatic heterocycles. The molecule has 6 heteroatoms. The summed E-state index contributed by atoms with van der Waals surface area (Å²) >= 11 is 0. The highest BCUT2D eigenvalue weighted by molar-refractivity contribution is 7.89. The Hall–Kier alpha value is -0.980. The number of sulfonamides is 1. The van der Waals surface area contributed by atoms with Crippen LogP contribution in [0.4, 0.5) is 4.39 Å². The van der Waals surface area contributed by atoms with Crippen molar-refractivity contribution in [3.05, 3.63) is 29.1 Å². The van der Waals surface area contributed by atoms with Crippen molar-refractivity contribution in [1.82, 2.24) is 4.31 Å². The number of halogens is 1. The van der Waals surface area contributed by atoms with Gasteiger partial charge in [0.1, 0.15) is 5.82 Å². The van der Waals surface area contributed by atoms with Crippen LogP contribution in [0.5, 0.6) is 0 Å². The molecule has 0 radical (unpaired) electrons. The molecule has 0 atom stereocenters. The van der Waals surface area contributed by atoms with Crippen LogP contribution in [0.1, 0.15) is 36.8 Å². The molecule has 2 rings (SSSR count). The lowest BCUT2D eigenvalue weighted by Crippen LogP contribution is -2.45. The van der Waals surface area contributed by atoms with Gasteiger partial charge in [0, 0.05) is 19.2 Å². The lowest BCUT2D eigenvalue weighted by atomic mass is 9.93. The van der Waals surface area contributed by atoms with Crippen molar-refractivity contribution in [2.45, 2.75) is 50.5 Å². The van der Waals surface area contributed by atoms with Crippen LogP contribution in [0, 0.1) is 19.7 Å². The largest absolute Gasteiger partial charge is 0.396 e. The molecule has 0 unspecified atom stereocenters.